The van der Waals surface area contributed by atoms with Crippen molar-refractivity contribution in [1.82, 2.24) is 0 Å². The topological polar surface area (TPSA) is 63.9 Å². The monoisotopic (exact) mass is 180 g/mol. The maximum atomic E-state index is 10.3. The minimum atomic E-state index is -0.939. The van der Waals surface area contributed by atoms with E-state index in [1.165, 1.54) is 0 Å². The molecule has 1 aliphatic carbocycles. The summed E-state index contributed by atoms with van der Waals surface area (Å²) in [4.78, 5) is 10.3. The van der Waals surface area contributed by atoms with Crippen LogP contribution < -0.4 is 0 Å². The summed E-state index contributed by atoms with van der Waals surface area (Å²) in [6.45, 7) is 0. The molecule has 4 nitrogen and oxygen atoms in total. The summed E-state index contributed by atoms with van der Waals surface area (Å²) in [5.74, 6) is -0.939. The molecule has 0 spiro atoms. The van der Waals surface area contributed by atoms with Gasteiger partial charge in [-0.3, -0.25) is 0 Å². The second-order valence-electron chi connectivity index (χ2n) is 3.18. The van der Waals surface area contributed by atoms with Crippen LogP contribution in [0.1, 0.15) is 6.42 Å². The van der Waals surface area contributed by atoms with E-state index >= 15 is 0 Å². The summed E-state index contributed by atoms with van der Waals surface area (Å²) in [5.41, 5.74) is 0.544. The van der Waals surface area contributed by atoms with Crippen molar-refractivity contribution in [3.8, 4) is 0 Å². The summed E-state index contributed by atoms with van der Waals surface area (Å²) in [6.07, 6.45) is 5.45. The van der Waals surface area contributed by atoms with Crippen molar-refractivity contribution in [3.63, 3.8) is 0 Å². The third kappa shape index (κ3) is 1.23. The Balaban J connectivity index is 2.03. The molecule has 0 aromatic heterocycles. The van der Waals surface area contributed by atoms with Crippen molar-refractivity contribution in [2.24, 2.45) is 0 Å². The van der Waals surface area contributed by atoms with Crippen LogP contribution in [0.25, 0.3) is 5.32 Å². The Hall–Kier alpha value is -1.29. The molecule has 0 aromatic carbocycles. The Kier molecular flexibility index (Phi) is 1.66. The van der Waals surface area contributed by atoms with E-state index in [0.29, 0.717) is 0 Å². The largest absolute Gasteiger partial charge is 0.688 e. The lowest BCUT2D eigenvalue weighted by Crippen LogP contribution is -2.07. The second-order valence-corrected chi connectivity index (χ2v) is 3.18. The van der Waals surface area contributed by atoms with Crippen LogP contribution in [0, 0.1) is 0 Å². The van der Waals surface area contributed by atoms with Crippen molar-refractivity contribution in [3.05, 3.63) is 29.2 Å². The average molecular weight is 180 g/mol. The number of aliphatic carboxylic acids is 1. The Morgan fingerprint density at radius 1 is 1.92 bits per heavy atom. The molecule has 1 saturated heterocycles. The highest BCUT2D eigenvalue weighted by molar-refractivity contribution is 5.80. The third-order valence-corrected chi connectivity index (χ3v) is 2.39. The number of fused-ring (bicyclic) bond motifs is 1. The molecule has 0 saturated carbocycles. The van der Waals surface area contributed by atoms with Crippen molar-refractivity contribution in [1.29, 1.82) is 0 Å². The summed E-state index contributed by atoms with van der Waals surface area (Å²) in [5, 5.41) is 12.5. The van der Waals surface area contributed by atoms with Gasteiger partial charge in [-0.05, 0) is 12.5 Å². The van der Waals surface area contributed by atoms with Gasteiger partial charge in [0.2, 0.25) is 0 Å². The molecule has 2 atom stereocenters. The number of carboxylic acids is 1. The maximum absolute atomic E-state index is 10.3. The predicted molar refractivity (Wildman–Crippen MR) is 46.4 cm³/mol. The molecule has 0 amide bonds. The highest BCUT2D eigenvalue weighted by atomic mass is 16.6. The van der Waals surface area contributed by atoms with E-state index in [9.17, 15) is 4.79 Å². The van der Waals surface area contributed by atoms with Gasteiger partial charge in [-0.15, -0.1) is 12.7 Å². The quantitative estimate of drug-likeness (QED) is 0.521. The van der Waals surface area contributed by atoms with Gasteiger partial charge in [-0.2, -0.15) is 0 Å². The van der Waals surface area contributed by atoms with Gasteiger partial charge in [0.15, 0.2) is 0 Å². The molecule has 2 rings (SSSR count). The van der Waals surface area contributed by atoms with Gasteiger partial charge in [0.1, 0.15) is 5.60 Å². The summed E-state index contributed by atoms with van der Waals surface area (Å²) >= 11 is 0. The average Bonchev–Trinajstić information content (AvgIpc) is 2.71. The molecular weight excluding hydrogens is 170 g/mol. The smallest absolute Gasteiger partial charge is 0.328 e. The zero-order valence-electron chi connectivity index (χ0n) is 7.23. The van der Waals surface area contributed by atoms with Crippen LogP contribution in [0.3, 0.4) is 0 Å². The van der Waals surface area contributed by atoms with Crippen LogP contribution >= 0.6 is 0 Å². The van der Waals surface area contributed by atoms with Crippen LogP contribution in [0.2, 0.25) is 0 Å². The SMILES string of the molecule is C[N-]C1=CCC2(C=CC(=O)O)OC12. The second kappa shape index (κ2) is 2.60. The standard InChI is InChI=1S/C9H10NO3/c1-10-6-2-4-9(8(6)13-9)5-3-7(11)12/h2-3,5,8H,4H2,1H3,(H,11,12)/q-1. The van der Waals surface area contributed by atoms with Crippen molar-refractivity contribution < 1.29 is 14.6 Å². The molecule has 2 unspecified atom stereocenters. The van der Waals surface area contributed by atoms with Crippen LogP contribution in [0.5, 0.6) is 0 Å². The maximum Gasteiger partial charge on any atom is 0.328 e. The number of hydrogen-bond donors (Lipinski definition) is 1. The first kappa shape index (κ1) is 8.31. The molecule has 0 aromatic rings. The van der Waals surface area contributed by atoms with Crippen molar-refractivity contribution in [2.75, 3.05) is 7.05 Å². The Labute approximate surface area is 75.9 Å². The summed E-state index contributed by atoms with van der Waals surface area (Å²) in [7, 11) is 1.71. The van der Waals surface area contributed by atoms with E-state index in [0.717, 1.165) is 18.2 Å². The fourth-order valence-electron chi connectivity index (χ4n) is 1.64. The van der Waals surface area contributed by atoms with Crippen LogP contribution in [-0.4, -0.2) is 29.8 Å². The fourth-order valence-corrected chi connectivity index (χ4v) is 1.64. The number of likely N-dealkylation sites (N-methyl/N-ethyl adjacent to an activating group) is 1. The Bertz CT molecular complexity index is 308. The highest BCUT2D eigenvalue weighted by Gasteiger charge is 2.56. The van der Waals surface area contributed by atoms with Gasteiger partial charge in [0.05, 0.1) is 6.10 Å². The van der Waals surface area contributed by atoms with Crippen LogP contribution in [0.4, 0.5) is 0 Å². The molecule has 1 N–H and O–H groups in total. The minimum absolute atomic E-state index is 0.00639. The third-order valence-electron chi connectivity index (χ3n) is 2.39. The van der Waals surface area contributed by atoms with Gasteiger partial charge >= 0.3 is 5.97 Å². The molecule has 2 aliphatic rings. The lowest BCUT2D eigenvalue weighted by atomic mass is 10.1. The number of carbonyl (C=O) groups is 1. The highest BCUT2D eigenvalue weighted by Crippen LogP contribution is 2.51. The van der Waals surface area contributed by atoms with E-state index in [1.54, 1.807) is 13.1 Å². The number of epoxide rings is 1. The van der Waals surface area contributed by atoms with E-state index in [4.69, 9.17) is 9.84 Å². The van der Waals surface area contributed by atoms with Gasteiger partial charge in [0, 0.05) is 6.08 Å². The molecular formula is C9H10NO3-. The Morgan fingerprint density at radius 2 is 2.69 bits per heavy atom. The zero-order valence-corrected chi connectivity index (χ0v) is 7.23. The molecule has 0 bridgehead atoms. The number of rotatable bonds is 3. The van der Waals surface area contributed by atoms with Crippen LogP contribution in [0.15, 0.2) is 23.9 Å². The number of ether oxygens (including phenoxy) is 1. The molecule has 1 heterocycles. The first-order valence-corrected chi connectivity index (χ1v) is 4.08. The number of hydrogen-bond acceptors (Lipinski definition) is 2. The number of carboxylic acid groups (broad SMARTS) is 1. The molecule has 70 valence electrons. The molecule has 1 fully saturated rings. The van der Waals surface area contributed by atoms with Gasteiger partial charge in [-0.25, -0.2) is 4.79 Å². The first-order chi connectivity index (χ1) is 6.18. The summed E-state index contributed by atoms with van der Waals surface area (Å²) < 4.78 is 5.38. The predicted octanol–water partition coefficient (Wildman–Crippen LogP) is 1.06. The lowest BCUT2D eigenvalue weighted by Gasteiger charge is -2.13. The lowest BCUT2D eigenvalue weighted by molar-refractivity contribution is -0.131. The van der Waals surface area contributed by atoms with Crippen LogP contribution in [-0.2, 0) is 9.53 Å². The first-order valence-electron chi connectivity index (χ1n) is 4.08. The molecule has 1 aliphatic heterocycles. The van der Waals surface area contributed by atoms with Crippen molar-refractivity contribution in [2.45, 2.75) is 18.1 Å². The van der Waals surface area contributed by atoms with E-state index in [-0.39, 0.29) is 11.7 Å². The molecule has 13 heavy (non-hydrogen) atoms. The normalized spacial score (nSPS) is 35.8. The minimum Gasteiger partial charge on any atom is -0.688 e. The summed E-state index contributed by atoms with van der Waals surface area (Å²) in [6, 6.07) is 0. The zero-order chi connectivity index (χ0) is 9.47. The van der Waals surface area contributed by atoms with Gasteiger partial charge in [-0.1, -0.05) is 6.08 Å². The van der Waals surface area contributed by atoms with E-state index in [2.05, 4.69) is 5.32 Å². The van der Waals surface area contributed by atoms with E-state index < -0.39 is 5.97 Å². The number of nitrogens with zero attached hydrogens (tertiary/aromatic N) is 1. The molecule has 4 heteroatoms. The van der Waals surface area contributed by atoms with Gasteiger partial charge in [0.25, 0.3) is 0 Å². The Morgan fingerprint density at radius 3 is 3.15 bits per heavy atom. The molecule has 0 radical (unpaired) electrons. The van der Waals surface area contributed by atoms with Crippen molar-refractivity contribution >= 4 is 5.97 Å². The fraction of sp³-hybridized carbons (Fsp3) is 0.444. The van der Waals surface area contributed by atoms with Gasteiger partial charge < -0.3 is 15.2 Å². The van der Waals surface area contributed by atoms with E-state index in [1.807, 2.05) is 6.08 Å².